The summed E-state index contributed by atoms with van der Waals surface area (Å²) in [5, 5.41) is 19.0. The predicted octanol–water partition coefficient (Wildman–Crippen LogP) is 3.21. The summed E-state index contributed by atoms with van der Waals surface area (Å²) in [6.07, 6.45) is 0. The van der Waals surface area contributed by atoms with Gasteiger partial charge in [-0.1, -0.05) is 34.8 Å². The van der Waals surface area contributed by atoms with Crippen molar-refractivity contribution in [1.82, 2.24) is 4.98 Å². The number of hydrogen-bond acceptors (Lipinski definition) is 5. The van der Waals surface area contributed by atoms with Crippen LogP contribution in [0.15, 0.2) is 9.92 Å². The summed E-state index contributed by atoms with van der Waals surface area (Å²) in [6.45, 7) is 0.0540. The third-order valence-corrected chi connectivity index (χ3v) is 5.12. The Labute approximate surface area is 123 Å². The molecule has 0 aromatic carbocycles. The molecule has 8 heteroatoms. The first kappa shape index (κ1) is 15.7. The van der Waals surface area contributed by atoms with Gasteiger partial charge in [0.1, 0.15) is 10.2 Å². The van der Waals surface area contributed by atoms with Crippen molar-refractivity contribution < 1.29 is 10.2 Å². The van der Waals surface area contributed by atoms with Gasteiger partial charge in [0, 0.05) is 11.5 Å². The van der Waals surface area contributed by atoms with E-state index in [9.17, 15) is 0 Å². The Kier molecular flexibility index (Phi) is 7.33. The molecule has 17 heavy (non-hydrogen) atoms. The monoisotopic (exact) mass is 333 g/mol. The van der Waals surface area contributed by atoms with Gasteiger partial charge in [0.05, 0.1) is 28.2 Å². The van der Waals surface area contributed by atoms with Crippen LogP contribution in [0.25, 0.3) is 0 Å². The van der Waals surface area contributed by atoms with Gasteiger partial charge in [0.25, 0.3) is 0 Å². The van der Waals surface area contributed by atoms with Crippen LogP contribution >= 0.6 is 58.3 Å². The second-order valence-corrected chi connectivity index (χ2v) is 6.11. The van der Waals surface area contributed by atoms with Crippen molar-refractivity contribution in [2.45, 2.75) is 9.92 Å². The molecular weight excluding hydrogens is 325 g/mol. The van der Waals surface area contributed by atoms with Crippen molar-refractivity contribution in [2.75, 3.05) is 24.7 Å². The average molecular weight is 335 g/mol. The molecule has 0 saturated carbocycles. The lowest BCUT2D eigenvalue weighted by Crippen LogP contribution is -1.94. The highest BCUT2D eigenvalue weighted by molar-refractivity contribution is 8.00. The van der Waals surface area contributed by atoms with Crippen molar-refractivity contribution in [2.24, 2.45) is 0 Å². The Morgan fingerprint density at radius 1 is 0.941 bits per heavy atom. The molecule has 0 radical (unpaired) electrons. The number of pyridine rings is 1. The van der Waals surface area contributed by atoms with Gasteiger partial charge < -0.3 is 10.2 Å². The summed E-state index contributed by atoms with van der Waals surface area (Å²) >= 11 is 20.7. The second-order valence-electron chi connectivity index (χ2n) is 2.81. The standard InChI is InChI=1S/C9H10Cl3NO2S2/c10-5-7(16-3-1-14)6(11)9(13-8(5)12)17-4-2-15/h14-15H,1-4H2. The van der Waals surface area contributed by atoms with Gasteiger partial charge in [-0.2, -0.15) is 0 Å². The molecule has 3 nitrogen and oxygen atoms in total. The van der Waals surface area contributed by atoms with Crippen LogP contribution in [0.2, 0.25) is 15.2 Å². The number of hydrogen-bond donors (Lipinski definition) is 2. The summed E-state index contributed by atoms with van der Waals surface area (Å²) in [4.78, 5) is 4.67. The molecule has 0 aliphatic heterocycles. The molecule has 0 saturated heterocycles. The van der Waals surface area contributed by atoms with E-state index < -0.39 is 0 Å². The van der Waals surface area contributed by atoms with Gasteiger partial charge in [0.2, 0.25) is 0 Å². The van der Waals surface area contributed by atoms with E-state index in [2.05, 4.69) is 4.98 Å². The van der Waals surface area contributed by atoms with E-state index in [1.165, 1.54) is 23.5 Å². The highest BCUT2D eigenvalue weighted by atomic mass is 35.5. The van der Waals surface area contributed by atoms with E-state index >= 15 is 0 Å². The van der Waals surface area contributed by atoms with Gasteiger partial charge in [0.15, 0.2) is 0 Å². The van der Waals surface area contributed by atoms with E-state index in [0.29, 0.717) is 31.5 Å². The molecule has 2 N–H and O–H groups in total. The molecule has 1 aromatic heterocycles. The number of rotatable bonds is 6. The van der Waals surface area contributed by atoms with Crippen LogP contribution in [-0.2, 0) is 0 Å². The Morgan fingerprint density at radius 2 is 1.53 bits per heavy atom. The minimum absolute atomic E-state index is 0.0242. The lowest BCUT2D eigenvalue weighted by molar-refractivity contribution is 0.322. The van der Waals surface area contributed by atoms with Gasteiger partial charge in [-0.25, -0.2) is 4.98 Å². The lowest BCUT2D eigenvalue weighted by Gasteiger charge is -2.10. The number of aliphatic hydroxyl groups is 2. The zero-order valence-electron chi connectivity index (χ0n) is 8.62. The fourth-order valence-electron chi connectivity index (χ4n) is 0.987. The second kappa shape index (κ2) is 7.94. The smallest absolute Gasteiger partial charge is 0.150 e. The van der Waals surface area contributed by atoms with E-state index in [4.69, 9.17) is 45.0 Å². The highest BCUT2D eigenvalue weighted by Crippen LogP contribution is 2.41. The van der Waals surface area contributed by atoms with Gasteiger partial charge in [-0.15, -0.1) is 23.5 Å². The summed E-state index contributed by atoms with van der Waals surface area (Å²) in [7, 11) is 0. The first-order chi connectivity index (χ1) is 8.11. The number of nitrogens with zero attached hydrogens (tertiary/aromatic N) is 1. The van der Waals surface area contributed by atoms with E-state index in [1.807, 2.05) is 0 Å². The SMILES string of the molecule is OCCSc1nc(Cl)c(Cl)c(SCCO)c1Cl. The fraction of sp³-hybridized carbons (Fsp3) is 0.444. The molecule has 1 rings (SSSR count). The quantitative estimate of drug-likeness (QED) is 0.618. The number of thioether (sulfide) groups is 2. The predicted molar refractivity (Wildman–Crippen MR) is 74.9 cm³/mol. The molecule has 0 aliphatic rings. The van der Waals surface area contributed by atoms with Crippen LogP contribution in [0.3, 0.4) is 0 Å². The maximum atomic E-state index is 8.80. The Balaban J connectivity index is 3.04. The van der Waals surface area contributed by atoms with Crippen LogP contribution in [0.4, 0.5) is 0 Å². The average Bonchev–Trinajstić information content (AvgIpc) is 2.32. The maximum Gasteiger partial charge on any atom is 0.150 e. The molecule has 96 valence electrons. The minimum atomic E-state index is 0.0242. The molecule has 1 heterocycles. The normalized spacial score (nSPS) is 10.9. The van der Waals surface area contributed by atoms with Gasteiger partial charge in [-0.05, 0) is 0 Å². The van der Waals surface area contributed by atoms with E-state index in [0.717, 1.165) is 0 Å². The minimum Gasteiger partial charge on any atom is -0.396 e. The van der Waals surface area contributed by atoms with Crippen LogP contribution < -0.4 is 0 Å². The first-order valence-corrected chi connectivity index (χ1v) is 7.74. The summed E-state index contributed by atoms with van der Waals surface area (Å²) in [5.41, 5.74) is 0. The Hall–Kier alpha value is 0.640. The Morgan fingerprint density at radius 3 is 2.12 bits per heavy atom. The molecule has 0 unspecified atom stereocenters. The molecule has 0 fully saturated rings. The van der Waals surface area contributed by atoms with Crippen LogP contribution in [0.1, 0.15) is 0 Å². The van der Waals surface area contributed by atoms with Crippen molar-refractivity contribution in [3.8, 4) is 0 Å². The molecule has 0 aliphatic carbocycles. The molecular formula is C9H10Cl3NO2S2. The number of aromatic nitrogens is 1. The van der Waals surface area contributed by atoms with Crippen LogP contribution in [0.5, 0.6) is 0 Å². The highest BCUT2D eigenvalue weighted by Gasteiger charge is 2.16. The van der Waals surface area contributed by atoms with Crippen LogP contribution in [0, 0.1) is 0 Å². The van der Waals surface area contributed by atoms with Gasteiger partial charge >= 0.3 is 0 Å². The van der Waals surface area contributed by atoms with Crippen LogP contribution in [-0.4, -0.2) is 39.9 Å². The number of aliphatic hydroxyl groups excluding tert-OH is 2. The first-order valence-electron chi connectivity index (χ1n) is 4.63. The molecule has 0 bridgehead atoms. The largest absolute Gasteiger partial charge is 0.396 e. The zero-order valence-corrected chi connectivity index (χ0v) is 12.5. The Bertz CT molecular complexity index is 393. The van der Waals surface area contributed by atoms with E-state index in [-0.39, 0.29) is 18.4 Å². The zero-order chi connectivity index (χ0) is 12.8. The van der Waals surface area contributed by atoms with Gasteiger partial charge in [-0.3, -0.25) is 0 Å². The number of halogens is 3. The summed E-state index contributed by atoms with van der Waals surface area (Å²) in [6, 6.07) is 0. The van der Waals surface area contributed by atoms with E-state index in [1.54, 1.807) is 0 Å². The van der Waals surface area contributed by atoms with Crippen molar-refractivity contribution in [1.29, 1.82) is 0 Å². The lowest BCUT2D eigenvalue weighted by atomic mass is 10.5. The molecule has 0 amide bonds. The van der Waals surface area contributed by atoms with Crippen molar-refractivity contribution in [3.05, 3.63) is 15.2 Å². The topological polar surface area (TPSA) is 53.4 Å². The van der Waals surface area contributed by atoms with Crippen molar-refractivity contribution in [3.63, 3.8) is 0 Å². The molecule has 0 atom stereocenters. The third-order valence-electron chi connectivity index (χ3n) is 1.64. The summed E-state index contributed by atoms with van der Waals surface area (Å²) < 4.78 is 0. The third kappa shape index (κ3) is 4.35. The maximum absolute atomic E-state index is 8.80. The summed E-state index contributed by atoms with van der Waals surface area (Å²) in [5.74, 6) is 0.957. The fourth-order valence-corrected chi connectivity index (χ4v) is 3.56. The molecule has 1 aromatic rings. The van der Waals surface area contributed by atoms with Crippen molar-refractivity contribution >= 4 is 58.3 Å². The molecule has 0 spiro atoms.